The van der Waals surface area contributed by atoms with Crippen molar-refractivity contribution in [3.8, 4) is 0 Å². The first-order chi connectivity index (χ1) is 11.3. The molecule has 1 amide bonds. The van der Waals surface area contributed by atoms with Crippen LogP contribution in [0, 0.1) is 0 Å². The van der Waals surface area contributed by atoms with E-state index in [1.54, 1.807) is 7.05 Å². The Hall–Kier alpha value is -2.46. The standard InChI is InChI=1S/C14H13N3O5S2/c1-3-8-6-10(15-22-8)13(18)16-24(20,21)9-4-5-11-12(7-9)23-14(19)17(11)2/h4-7H,3H2,1-2H3,(H,16,18). The van der Waals surface area contributed by atoms with Gasteiger partial charge in [0.15, 0.2) is 5.69 Å². The van der Waals surface area contributed by atoms with Crippen LogP contribution in [0.25, 0.3) is 10.2 Å². The van der Waals surface area contributed by atoms with Crippen LogP contribution < -0.4 is 9.60 Å². The number of fused-ring (bicyclic) bond motifs is 1. The van der Waals surface area contributed by atoms with Gasteiger partial charge in [-0.3, -0.25) is 9.59 Å². The van der Waals surface area contributed by atoms with Gasteiger partial charge in [0.1, 0.15) is 5.76 Å². The van der Waals surface area contributed by atoms with Crippen LogP contribution in [0.5, 0.6) is 0 Å². The monoisotopic (exact) mass is 367 g/mol. The fourth-order valence-corrected chi connectivity index (χ4v) is 4.08. The van der Waals surface area contributed by atoms with E-state index >= 15 is 0 Å². The molecule has 0 saturated carbocycles. The number of aryl methyl sites for hydroxylation is 2. The SMILES string of the molecule is CCc1cc(C(=O)NS(=O)(=O)c2ccc3c(c2)sc(=O)n3C)no1. The Morgan fingerprint density at radius 1 is 1.38 bits per heavy atom. The van der Waals surface area contributed by atoms with E-state index in [1.165, 1.54) is 28.8 Å². The van der Waals surface area contributed by atoms with Crippen molar-refractivity contribution in [3.63, 3.8) is 0 Å². The average molecular weight is 367 g/mol. The maximum absolute atomic E-state index is 12.4. The number of amides is 1. The van der Waals surface area contributed by atoms with Gasteiger partial charge >= 0.3 is 4.87 Å². The molecule has 1 N–H and O–H groups in total. The van der Waals surface area contributed by atoms with Crippen LogP contribution in [-0.2, 0) is 23.5 Å². The Kier molecular flexibility index (Phi) is 4.01. The summed E-state index contributed by atoms with van der Waals surface area (Å²) in [5.74, 6) is -0.396. The van der Waals surface area contributed by atoms with E-state index in [4.69, 9.17) is 4.52 Å². The van der Waals surface area contributed by atoms with Crippen molar-refractivity contribution < 1.29 is 17.7 Å². The zero-order valence-corrected chi connectivity index (χ0v) is 14.4. The average Bonchev–Trinajstić information content (AvgIpc) is 3.12. The second-order valence-corrected chi connectivity index (χ2v) is 7.70. The maximum Gasteiger partial charge on any atom is 0.307 e. The minimum atomic E-state index is -4.09. The molecule has 24 heavy (non-hydrogen) atoms. The van der Waals surface area contributed by atoms with Crippen molar-refractivity contribution in [1.29, 1.82) is 0 Å². The van der Waals surface area contributed by atoms with E-state index < -0.39 is 15.9 Å². The highest BCUT2D eigenvalue weighted by molar-refractivity contribution is 7.90. The first kappa shape index (κ1) is 16.4. The summed E-state index contributed by atoms with van der Waals surface area (Å²) < 4.78 is 33.5. The van der Waals surface area contributed by atoms with E-state index in [0.29, 0.717) is 22.4 Å². The predicted octanol–water partition coefficient (Wildman–Crippen LogP) is 1.27. The number of aromatic nitrogens is 2. The summed E-state index contributed by atoms with van der Waals surface area (Å²) in [5.41, 5.74) is 0.514. The van der Waals surface area contributed by atoms with E-state index in [2.05, 4.69) is 5.16 Å². The Bertz CT molecular complexity index is 1090. The summed E-state index contributed by atoms with van der Waals surface area (Å²) in [5, 5.41) is 3.54. The summed E-state index contributed by atoms with van der Waals surface area (Å²) in [6.45, 7) is 1.82. The first-order valence-corrected chi connectivity index (χ1v) is 9.24. The number of thiazole rings is 1. The Labute approximate surface area is 140 Å². The number of hydrogen-bond donors (Lipinski definition) is 1. The molecule has 10 heteroatoms. The van der Waals surface area contributed by atoms with Crippen LogP contribution in [-0.4, -0.2) is 24.0 Å². The van der Waals surface area contributed by atoms with Crippen LogP contribution in [0.4, 0.5) is 0 Å². The third-order valence-electron chi connectivity index (χ3n) is 3.44. The fraction of sp³-hybridized carbons (Fsp3) is 0.214. The number of nitrogens with zero attached hydrogens (tertiary/aromatic N) is 2. The highest BCUT2D eigenvalue weighted by atomic mass is 32.2. The van der Waals surface area contributed by atoms with Gasteiger partial charge in [-0.2, -0.15) is 0 Å². The molecule has 0 aliphatic heterocycles. The van der Waals surface area contributed by atoms with Gasteiger partial charge in [0.25, 0.3) is 15.9 Å². The van der Waals surface area contributed by atoms with E-state index in [1.807, 2.05) is 11.6 Å². The topological polar surface area (TPSA) is 111 Å². The Morgan fingerprint density at radius 3 is 2.79 bits per heavy atom. The number of sulfonamides is 1. The Balaban J connectivity index is 1.92. The fourth-order valence-electron chi connectivity index (χ4n) is 2.10. The molecule has 0 aliphatic carbocycles. The largest absolute Gasteiger partial charge is 0.361 e. The minimum absolute atomic E-state index is 0.107. The van der Waals surface area contributed by atoms with Crippen LogP contribution in [0.2, 0.25) is 0 Å². The molecule has 3 aromatic rings. The second kappa shape index (κ2) is 5.87. The predicted molar refractivity (Wildman–Crippen MR) is 87.6 cm³/mol. The van der Waals surface area contributed by atoms with Gasteiger partial charge in [-0.15, -0.1) is 0 Å². The Morgan fingerprint density at radius 2 is 2.12 bits per heavy atom. The molecule has 1 aromatic carbocycles. The van der Waals surface area contributed by atoms with E-state index in [9.17, 15) is 18.0 Å². The lowest BCUT2D eigenvalue weighted by Crippen LogP contribution is -2.30. The van der Waals surface area contributed by atoms with Crippen molar-refractivity contribution >= 4 is 37.5 Å². The van der Waals surface area contributed by atoms with E-state index in [0.717, 1.165) is 11.3 Å². The molecule has 3 rings (SSSR count). The van der Waals surface area contributed by atoms with Gasteiger partial charge in [0.2, 0.25) is 0 Å². The lowest BCUT2D eigenvalue weighted by molar-refractivity contribution is 0.0972. The molecule has 0 fully saturated rings. The second-order valence-electron chi connectivity index (χ2n) is 5.02. The highest BCUT2D eigenvalue weighted by Crippen LogP contribution is 2.21. The number of carbonyl (C=O) groups is 1. The van der Waals surface area contributed by atoms with Gasteiger partial charge in [-0.05, 0) is 18.2 Å². The van der Waals surface area contributed by atoms with Crippen LogP contribution in [0.3, 0.4) is 0 Å². The molecule has 0 aliphatic rings. The molecule has 0 spiro atoms. The number of carbonyl (C=O) groups excluding carboxylic acids is 1. The first-order valence-electron chi connectivity index (χ1n) is 6.94. The van der Waals surface area contributed by atoms with Crippen LogP contribution in [0.15, 0.2) is 38.5 Å². The molecule has 8 nitrogen and oxygen atoms in total. The van der Waals surface area contributed by atoms with Crippen molar-refractivity contribution in [1.82, 2.24) is 14.4 Å². The van der Waals surface area contributed by atoms with Crippen molar-refractivity contribution in [2.75, 3.05) is 0 Å². The molecular weight excluding hydrogens is 354 g/mol. The van der Waals surface area contributed by atoms with Crippen LogP contribution in [0.1, 0.15) is 23.2 Å². The summed E-state index contributed by atoms with van der Waals surface area (Å²) in [6, 6.07) is 5.61. The molecule has 0 radical (unpaired) electrons. The number of hydrogen-bond acceptors (Lipinski definition) is 7. The van der Waals surface area contributed by atoms with Gasteiger partial charge in [0.05, 0.1) is 15.1 Å². The lowest BCUT2D eigenvalue weighted by atomic mass is 10.3. The zero-order chi connectivity index (χ0) is 17.5. The van der Waals surface area contributed by atoms with Gasteiger partial charge in [0, 0.05) is 19.5 Å². The van der Waals surface area contributed by atoms with E-state index in [-0.39, 0.29) is 15.5 Å². The summed E-state index contributed by atoms with van der Waals surface area (Å²) in [4.78, 5) is 23.4. The normalized spacial score (nSPS) is 11.8. The third-order valence-corrected chi connectivity index (χ3v) is 5.77. The molecule has 2 aromatic heterocycles. The molecular formula is C14H13N3O5S2. The van der Waals surface area contributed by atoms with Gasteiger partial charge in [-0.1, -0.05) is 23.4 Å². The van der Waals surface area contributed by atoms with Crippen molar-refractivity contribution in [2.45, 2.75) is 18.2 Å². The zero-order valence-electron chi connectivity index (χ0n) is 12.8. The molecule has 0 saturated heterocycles. The molecule has 2 heterocycles. The van der Waals surface area contributed by atoms with Gasteiger partial charge < -0.3 is 9.09 Å². The number of benzene rings is 1. The summed E-state index contributed by atoms with van der Waals surface area (Å²) in [7, 11) is -2.48. The lowest BCUT2D eigenvalue weighted by Gasteiger charge is -2.05. The third kappa shape index (κ3) is 2.85. The summed E-state index contributed by atoms with van der Waals surface area (Å²) in [6.07, 6.45) is 0.538. The van der Waals surface area contributed by atoms with Crippen LogP contribution >= 0.6 is 11.3 Å². The number of nitrogens with one attached hydrogen (secondary N) is 1. The molecule has 0 atom stereocenters. The molecule has 0 bridgehead atoms. The quantitative estimate of drug-likeness (QED) is 0.743. The van der Waals surface area contributed by atoms with Crippen molar-refractivity contribution in [3.05, 3.63) is 45.4 Å². The molecule has 126 valence electrons. The van der Waals surface area contributed by atoms with Crippen molar-refractivity contribution in [2.24, 2.45) is 7.05 Å². The summed E-state index contributed by atoms with van der Waals surface area (Å²) >= 11 is 0.934. The molecule has 0 unspecified atom stereocenters. The van der Waals surface area contributed by atoms with Gasteiger partial charge in [-0.25, -0.2) is 13.1 Å². The number of rotatable bonds is 4. The maximum atomic E-state index is 12.4. The smallest absolute Gasteiger partial charge is 0.307 e. The highest BCUT2D eigenvalue weighted by Gasteiger charge is 2.22. The minimum Gasteiger partial charge on any atom is -0.361 e.